The molecular weight excluding hydrogens is 503 g/mol. The minimum atomic E-state index is -5.09. The van der Waals surface area contributed by atoms with Crippen LogP contribution in [0.15, 0.2) is 44.6 Å². The summed E-state index contributed by atoms with van der Waals surface area (Å²) in [6, 6.07) is 5.49. The third-order valence-corrected chi connectivity index (χ3v) is 6.97. The number of nitrogens with one attached hydrogen (secondary N) is 2. The number of halogens is 4. The lowest BCUT2D eigenvalue weighted by Gasteiger charge is -2.30. The summed E-state index contributed by atoms with van der Waals surface area (Å²) in [4.78, 5) is -2.02. The van der Waals surface area contributed by atoms with Crippen molar-refractivity contribution in [3.05, 3.63) is 45.9 Å². The van der Waals surface area contributed by atoms with Gasteiger partial charge in [-0.05, 0) is 30.3 Å². The Morgan fingerprint density at radius 1 is 1.21 bits per heavy atom. The van der Waals surface area contributed by atoms with Gasteiger partial charge in [0.05, 0.1) is 23.3 Å². The van der Waals surface area contributed by atoms with Gasteiger partial charge in [-0.3, -0.25) is 0 Å². The molecule has 0 aliphatic carbocycles. The van der Waals surface area contributed by atoms with Crippen molar-refractivity contribution in [3.8, 4) is 5.75 Å². The summed E-state index contributed by atoms with van der Waals surface area (Å²) in [6.45, 7) is 0. The molecule has 0 amide bonds. The van der Waals surface area contributed by atoms with Crippen LogP contribution in [0.5, 0.6) is 5.75 Å². The van der Waals surface area contributed by atoms with Crippen LogP contribution in [-0.2, 0) is 26.2 Å². The van der Waals surface area contributed by atoms with Crippen molar-refractivity contribution >= 4 is 41.7 Å². The van der Waals surface area contributed by atoms with E-state index in [1.165, 1.54) is 19.2 Å². The monoisotopic (exact) mass is 515 g/mol. The molecule has 1 heterocycles. The number of benzene rings is 2. The molecule has 3 rings (SSSR count). The molecule has 158 valence electrons. The first kappa shape index (κ1) is 21.8. The van der Waals surface area contributed by atoms with Crippen molar-refractivity contribution in [3.63, 3.8) is 0 Å². The van der Waals surface area contributed by atoms with E-state index in [1.54, 1.807) is 6.07 Å². The highest BCUT2D eigenvalue weighted by molar-refractivity contribution is 9.10. The third-order valence-electron chi connectivity index (χ3n) is 4.06. The molecule has 0 fully saturated rings. The number of primary sulfonamides is 1. The number of ether oxygens (including phenoxy) is 1. The van der Waals surface area contributed by atoms with E-state index in [4.69, 9.17) is 9.88 Å². The molecule has 0 bridgehead atoms. The molecule has 1 atom stereocenters. The second-order valence-electron chi connectivity index (χ2n) is 5.97. The van der Waals surface area contributed by atoms with Crippen molar-refractivity contribution in [1.29, 1.82) is 0 Å². The number of rotatable bonds is 3. The number of hydrogen-bond donors (Lipinski definition) is 3. The Labute approximate surface area is 172 Å². The van der Waals surface area contributed by atoms with Gasteiger partial charge >= 0.3 is 6.18 Å². The predicted octanol–water partition coefficient (Wildman–Crippen LogP) is 2.53. The van der Waals surface area contributed by atoms with Crippen LogP contribution >= 0.6 is 15.9 Å². The molecule has 0 unspecified atom stereocenters. The lowest BCUT2D eigenvalue weighted by atomic mass is 10.1. The van der Waals surface area contributed by atoms with Gasteiger partial charge in [0, 0.05) is 10.0 Å². The van der Waals surface area contributed by atoms with E-state index in [0.29, 0.717) is 22.2 Å². The van der Waals surface area contributed by atoms with E-state index in [1.807, 2.05) is 0 Å². The van der Waals surface area contributed by atoms with E-state index in [-0.39, 0.29) is 5.75 Å². The molecule has 0 saturated carbocycles. The quantitative estimate of drug-likeness (QED) is 0.576. The van der Waals surface area contributed by atoms with Crippen molar-refractivity contribution in [2.75, 3.05) is 12.4 Å². The maximum atomic E-state index is 13.4. The van der Waals surface area contributed by atoms with Crippen LogP contribution < -0.4 is 19.9 Å². The van der Waals surface area contributed by atoms with Crippen LogP contribution in [0, 0.1) is 0 Å². The lowest BCUT2D eigenvalue weighted by molar-refractivity contribution is -0.139. The van der Waals surface area contributed by atoms with Crippen LogP contribution in [0.1, 0.15) is 17.3 Å². The van der Waals surface area contributed by atoms with Gasteiger partial charge in [-0.25, -0.2) is 22.0 Å². The minimum Gasteiger partial charge on any atom is -0.496 e. The van der Waals surface area contributed by atoms with Gasteiger partial charge in [0.1, 0.15) is 16.8 Å². The van der Waals surface area contributed by atoms with Crippen molar-refractivity contribution in [2.24, 2.45) is 5.14 Å². The first-order chi connectivity index (χ1) is 13.2. The highest BCUT2D eigenvalue weighted by Gasteiger charge is 2.41. The summed E-state index contributed by atoms with van der Waals surface area (Å²) in [7, 11) is -7.90. The standard InChI is InChI=1S/C15H13BrF3N3O5S2/c1-27-11-3-2-7(16)4-8(11)14-21-10-5-9(15(17,18)19)12(28(20,23)24)6-13(10)29(25,26)22-14/h2-6,14,21-22H,1H3,(H2,20,23,24)/t14-/m0/s1. The molecule has 1 aliphatic rings. The number of sulfonamides is 2. The molecular formula is C15H13BrF3N3O5S2. The fourth-order valence-electron chi connectivity index (χ4n) is 2.83. The van der Waals surface area contributed by atoms with Gasteiger partial charge in [-0.15, -0.1) is 0 Å². The summed E-state index contributed by atoms with van der Waals surface area (Å²) in [5.74, 6) is 0.272. The Kier molecular flexibility index (Phi) is 5.36. The number of nitrogens with two attached hydrogens (primary N) is 1. The predicted molar refractivity (Wildman–Crippen MR) is 100 cm³/mol. The van der Waals surface area contributed by atoms with Gasteiger partial charge in [0.2, 0.25) is 20.0 Å². The van der Waals surface area contributed by atoms with Gasteiger partial charge in [-0.2, -0.15) is 17.9 Å². The topological polar surface area (TPSA) is 128 Å². The number of anilines is 1. The van der Waals surface area contributed by atoms with E-state index in [2.05, 4.69) is 26.0 Å². The molecule has 0 aromatic heterocycles. The number of alkyl halides is 3. The summed E-state index contributed by atoms with van der Waals surface area (Å²) < 4.78 is 96.8. The average Bonchev–Trinajstić information content (AvgIpc) is 2.58. The number of fused-ring (bicyclic) bond motifs is 1. The molecule has 4 N–H and O–H groups in total. The Morgan fingerprint density at radius 3 is 2.41 bits per heavy atom. The summed E-state index contributed by atoms with van der Waals surface area (Å²) in [6.07, 6.45) is -6.27. The second kappa shape index (κ2) is 7.12. The molecule has 29 heavy (non-hydrogen) atoms. The van der Waals surface area contributed by atoms with Gasteiger partial charge in [-0.1, -0.05) is 15.9 Å². The van der Waals surface area contributed by atoms with Crippen molar-refractivity contribution < 1.29 is 34.7 Å². The zero-order valence-electron chi connectivity index (χ0n) is 14.4. The molecule has 2 aromatic carbocycles. The summed E-state index contributed by atoms with van der Waals surface area (Å²) in [5, 5.41) is 7.50. The van der Waals surface area contributed by atoms with Crippen LogP contribution in [0.3, 0.4) is 0 Å². The SMILES string of the molecule is COc1ccc(Br)cc1[C@H]1Nc2cc(C(F)(F)F)c(S(N)(=O)=O)cc2S(=O)(=O)N1. The highest BCUT2D eigenvalue weighted by atomic mass is 79.9. The van der Waals surface area contributed by atoms with Crippen LogP contribution in [0.4, 0.5) is 18.9 Å². The molecule has 0 saturated heterocycles. The number of hydrogen-bond acceptors (Lipinski definition) is 6. The smallest absolute Gasteiger partial charge is 0.417 e. The Morgan fingerprint density at radius 2 is 1.86 bits per heavy atom. The minimum absolute atomic E-state index is 0.272. The fourth-order valence-corrected chi connectivity index (χ4v) is 5.35. The Balaban J connectivity index is 2.24. The molecule has 1 aliphatic heterocycles. The molecule has 14 heteroatoms. The van der Waals surface area contributed by atoms with Crippen molar-refractivity contribution in [1.82, 2.24) is 4.72 Å². The third kappa shape index (κ3) is 4.21. The first-order valence-corrected chi connectivity index (χ1v) is 11.5. The summed E-state index contributed by atoms with van der Waals surface area (Å²) >= 11 is 3.23. The normalized spacial score (nSPS) is 18.6. The largest absolute Gasteiger partial charge is 0.496 e. The summed E-state index contributed by atoms with van der Waals surface area (Å²) in [5.41, 5.74) is -1.72. The molecule has 0 spiro atoms. The van der Waals surface area contributed by atoms with Crippen LogP contribution in [-0.4, -0.2) is 23.9 Å². The van der Waals surface area contributed by atoms with Gasteiger partial charge in [0.25, 0.3) is 0 Å². The first-order valence-electron chi connectivity index (χ1n) is 7.64. The highest BCUT2D eigenvalue weighted by Crippen LogP contribution is 2.42. The van der Waals surface area contributed by atoms with Crippen molar-refractivity contribution in [2.45, 2.75) is 22.1 Å². The average molecular weight is 516 g/mol. The maximum absolute atomic E-state index is 13.4. The number of methoxy groups -OCH3 is 1. The Hall–Kier alpha value is -1.87. The molecule has 0 radical (unpaired) electrons. The van der Waals surface area contributed by atoms with E-state index in [0.717, 1.165) is 0 Å². The van der Waals surface area contributed by atoms with Crippen LogP contribution in [0.2, 0.25) is 0 Å². The fraction of sp³-hybridized carbons (Fsp3) is 0.200. The second-order valence-corrected chi connectivity index (χ2v) is 10.1. The van der Waals surface area contributed by atoms with Crippen LogP contribution in [0.25, 0.3) is 0 Å². The van der Waals surface area contributed by atoms with E-state index >= 15 is 0 Å². The zero-order valence-corrected chi connectivity index (χ0v) is 17.6. The lowest BCUT2D eigenvalue weighted by Crippen LogP contribution is -2.39. The van der Waals surface area contributed by atoms with Gasteiger partial charge in [0.15, 0.2) is 0 Å². The molecule has 2 aromatic rings. The maximum Gasteiger partial charge on any atom is 0.417 e. The van der Waals surface area contributed by atoms with E-state index in [9.17, 15) is 30.0 Å². The van der Waals surface area contributed by atoms with E-state index < -0.39 is 53.4 Å². The molecule has 8 nitrogen and oxygen atoms in total. The zero-order chi connectivity index (χ0) is 21.8. The Bertz CT molecular complexity index is 1200. The van der Waals surface area contributed by atoms with Gasteiger partial charge < -0.3 is 10.1 Å².